The Bertz CT molecular complexity index is 415. The van der Waals surface area contributed by atoms with Crippen LogP contribution in [0.1, 0.15) is 45.3 Å². The van der Waals surface area contributed by atoms with Crippen LogP contribution in [-0.2, 0) is 12.0 Å². The molecule has 0 saturated carbocycles. The van der Waals surface area contributed by atoms with E-state index in [2.05, 4.69) is 60.6 Å². The molecule has 1 rings (SSSR count). The van der Waals surface area contributed by atoms with Crippen LogP contribution in [0.5, 0.6) is 0 Å². The van der Waals surface area contributed by atoms with Gasteiger partial charge in [0.15, 0.2) is 5.96 Å². The molecule has 0 spiro atoms. The highest BCUT2D eigenvalue weighted by Gasteiger charge is 2.17. The van der Waals surface area contributed by atoms with E-state index in [0.29, 0.717) is 12.5 Å². The highest BCUT2D eigenvalue weighted by Crippen LogP contribution is 2.25. The molecule has 0 atom stereocenters. The van der Waals surface area contributed by atoms with Crippen LogP contribution < -0.4 is 10.6 Å². The lowest BCUT2D eigenvalue weighted by Crippen LogP contribution is -2.38. The maximum atomic E-state index is 4.66. The maximum Gasteiger partial charge on any atom is 0.191 e. The largest absolute Gasteiger partial charge is 0.356 e. The van der Waals surface area contributed by atoms with Crippen molar-refractivity contribution in [2.75, 3.05) is 13.6 Å². The molecular weight excluding hydrogens is 256 g/mol. The lowest BCUT2D eigenvalue weighted by molar-refractivity contribution is 0.581. The van der Waals surface area contributed by atoms with Crippen LogP contribution in [0.25, 0.3) is 0 Å². The summed E-state index contributed by atoms with van der Waals surface area (Å²) in [6, 6.07) is 0. The molecule has 0 unspecified atom stereocenters. The van der Waals surface area contributed by atoms with Gasteiger partial charge in [-0.15, -0.1) is 11.3 Å². The summed E-state index contributed by atoms with van der Waals surface area (Å²) < 4.78 is 0. The van der Waals surface area contributed by atoms with Gasteiger partial charge in [0.2, 0.25) is 0 Å². The van der Waals surface area contributed by atoms with Crippen molar-refractivity contribution in [3.8, 4) is 0 Å². The number of guanidine groups is 1. The van der Waals surface area contributed by atoms with E-state index in [9.17, 15) is 0 Å². The number of rotatable bonds is 4. The molecule has 19 heavy (non-hydrogen) atoms. The summed E-state index contributed by atoms with van der Waals surface area (Å²) >= 11 is 1.72. The quantitative estimate of drug-likeness (QED) is 0.659. The molecule has 0 saturated heterocycles. The summed E-state index contributed by atoms with van der Waals surface area (Å²) in [6.07, 6.45) is 0. The fraction of sp³-hybridized carbons (Fsp3) is 0.714. The summed E-state index contributed by atoms with van der Waals surface area (Å²) in [6.45, 7) is 12.5. The van der Waals surface area contributed by atoms with Gasteiger partial charge in [0.25, 0.3) is 0 Å². The maximum absolute atomic E-state index is 4.66. The SMILES string of the molecule is CN=C(NCc1csc(C(C)(C)C)n1)NCC(C)C. The van der Waals surface area contributed by atoms with E-state index in [1.54, 1.807) is 18.4 Å². The first-order valence-electron chi connectivity index (χ1n) is 6.72. The zero-order valence-corrected chi connectivity index (χ0v) is 13.7. The molecule has 5 heteroatoms. The topological polar surface area (TPSA) is 49.3 Å². The molecule has 2 N–H and O–H groups in total. The van der Waals surface area contributed by atoms with Crippen LogP contribution in [0.2, 0.25) is 0 Å². The number of thiazole rings is 1. The Morgan fingerprint density at radius 1 is 1.37 bits per heavy atom. The van der Waals surface area contributed by atoms with Crippen molar-refractivity contribution in [3.05, 3.63) is 16.1 Å². The predicted octanol–water partition coefficient (Wildman–Crippen LogP) is 2.76. The Morgan fingerprint density at radius 3 is 2.53 bits per heavy atom. The average molecular weight is 282 g/mol. The lowest BCUT2D eigenvalue weighted by Gasteiger charge is -2.14. The Morgan fingerprint density at radius 2 is 2.05 bits per heavy atom. The molecule has 0 bridgehead atoms. The van der Waals surface area contributed by atoms with Gasteiger partial charge in [-0.1, -0.05) is 34.6 Å². The van der Waals surface area contributed by atoms with Crippen LogP contribution in [0.3, 0.4) is 0 Å². The molecule has 0 aliphatic rings. The van der Waals surface area contributed by atoms with Gasteiger partial charge in [-0.2, -0.15) is 0 Å². The smallest absolute Gasteiger partial charge is 0.191 e. The van der Waals surface area contributed by atoms with Crippen LogP contribution in [0.15, 0.2) is 10.4 Å². The first-order chi connectivity index (χ1) is 8.82. The van der Waals surface area contributed by atoms with E-state index in [1.165, 1.54) is 5.01 Å². The van der Waals surface area contributed by atoms with E-state index in [0.717, 1.165) is 18.2 Å². The minimum absolute atomic E-state index is 0.125. The van der Waals surface area contributed by atoms with E-state index >= 15 is 0 Å². The van der Waals surface area contributed by atoms with Crippen LogP contribution in [-0.4, -0.2) is 24.5 Å². The molecule has 108 valence electrons. The molecule has 0 fully saturated rings. The van der Waals surface area contributed by atoms with Crippen molar-refractivity contribution < 1.29 is 0 Å². The Balaban J connectivity index is 2.49. The lowest BCUT2D eigenvalue weighted by atomic mass is 9.98. The molecule has 0 aliphatic carbocycles. The summed E-state index contributed by atoms with van der Waals surface area (Å²) in [5, 5.41) is 9.87. The Kier molecular flexibility index (Phi) is 5.79. The third kappa shape index (κ3) is 5.59. The Hall–Kier alpha value is -1.10. The normalized spacial score (nSPS) is 12.9. The fourth-order valence-electron chi connectivity index (χ4n) is 1.43. The molecule has 0 amide bonds. The highest BCUT2D eigenvalue weighted by atomic mass is 32.1. The predicted molar refractivity (Wildman–Crippen MR) is 83.9 cm³/mol. The molecule has 0 radical (unpaired) electrons. The minimum Gasteiger partial charge on any atom is -0.356 e. The van der Waals surface area contributed by atoms with Gasteiger partial charge in [-0.05, 0) is 5.92 Å². The fourth-order valence-corrected chi connectivity index (χ4v) is 2.34. The monoisotopic (exact) mass is 282 g/mol. The van der Waals surface area contributed by atoms with E-state index in [-0.39, 0.29) is 5.41 Å². The molecule has 0 aromatic carbocycles. The molecular formula is C14H26N4S. The molecule has 0 aliphatic heterocycles. The summed E-state index contributed by atoms with van der Waals surface area (Å²) in [5.41, 5.74) is 1.20. The van der Waals surface area contributed by atoms with E-state index in [1.807, 2.05) is 0 Å². The van der Waals surface area contributed by atoms with Gasteiger partial charge in [0.05, 0.1) is 17.2 Å². The zero-order valence-electron chi connectivity index (χ0n) is 12.9. The van der Waals surface area contributed by atoms with Gasteiger partial charge in [-0.3, -0.25) is 4.99 Å². The molecule has 1 aromatic heterocycles. The first-order valence-corrected chi connectivity index (χ1v) is 7.60. The van der Waals surface area contributed by atoms with Gasteiger partial charge in [0.1, 0.15) is 0 Å². The number of hydrogen-bond acceptors (Lipinski definition) is 3. The van der Waals surface area contributed by atoms with E-state index < -0.39 is 0 Å². The highest BCUT2D eigenvalue weighted by molar-refractivity contribution is 7.09. The standard InChI is InChI=1S/C14H26N4S/c1-10(2)7-16-13(15-6)17-8-11-9-19-12(18-11)14(3,4)5/h9-10H,7-8H2,1-6H3,(H2,15,16,17). The molecule has 1 heterocycles. The number of hydrogen-bond donors (Lipinski definition) is 2. The second kappa shape index (κ2) is 6.89. The second-order valence-corrected chi connectivity index (χ2v) is 6.95. The Labute approximate surface area is 120 Å². The second-order valence-electron chi connectivity index (χ2n) is 6.09. The van der Waals surface area contributed by atoms with Crippen molar-refractivity contribution in [2.45, 2.75) is 46.6 Å². The van der Waals surface area contributed by atoms with E-state index in [4.69, 9.17) is 0 Å². The number of aliphatic imine (C=N–C) groups is 1. The molecule has 1 aromatic rings. The van der Waals surface area contributed by atoms with Crippen LogP contribution >= 0.6 is 11.3 Å². The number of nitrogens with zero attached hydrogens (tertiary/aromatic N) is 2. The van der Waals surface area contributed by atoms with Crippen molar-refractivity contribution in [1.29, 1.82) is 0 Å². The van der Waals surface area contributed by atoms with Gasteiger partial charge >= 0.3 is 0 Å². The number of aromatic nitrogens is 1. The van der Waals surface area contributed by atoms with Gasteiger partial charge < -0.3 is 10.6 Å². The number of nitrogens with one attached hydrogen (secondary N) is 2. The van der Waals surface area contributed by atoms with Crippen molar-refractivity contribution in [2.24, 2.45) is 10.9 Å². The van der Waals surface area contributed by atoms with Gasteiger partial charge in [0, 0.05) is 24.4 Å². The summed E-state index contributed by atoms with van der Waals surface area (Å²) in [7, 11) is 1.79. The van der Waals surface area contributed by atoms with Crippen LogP contribution in [0, 0.1) is 5.92 Å². The van der Waals surface area contributed by atoms with Crippen molar-refractivity contribution in [3.63, 3.8) is 0 Å². The third-order valence-electron chi connectivity index (χ3n) is 2.53. The minimum atomic E-state index is 0.125. The van der Waals surface area contributed by atoms with Crippen LogP contribution in [0.4, 0.5) is 0 Å². The average Bonchev–Trinajstić information content (AvgIpc) is 2.77. The summed E-state index contributed by atoms with van der Waals surface area (Å²) in [5.74, 6) is 1.43. The van der Waals surface area contributed by atoms with Crippen molar-refractivity contribution >= 4 is 17.3 Å². The molecule has 4 nitrogen and oxygen atoms in total. The van der Waals surface area contributed by atoms with Gasteiger partial charge in [-0.25, -0.2) is 4.98 Å². The summed E-state index contributed by atoms with van der Waals surface area (Å²) in [4.78, 5) is 8.86. The first kappa shape index (κ1) is 16.0. The third-order valence-corrected chi connectivity index (χ3v) is 3.85. The zero-order chi connectivity index (χ0) is 14.5. The van der Waals surface area contributed by atoms with Crippen molar-refractivity contribution in [1.82, 2.24) is 15.6 Å².